The van der Waals surface area contributed by atoms with Crippen molar-refractivity contribution in [3.63, 3.8) is 0 Å². The van der Waals surface area contributed by atoms with Crippen molar-refractivity contribution in [3.8, 4) is 11.4 Å². The molecule has 1 aromatic carbocycles. The van der Waals surface area contributed by atoms with E-state index in [4.69, 9.17) is 0 Å². The molecule has 3 rings (SSSR count). The molecule has 0 fully saturated rings. The summed E-state index contributed by atoms with van der Waals surface area (Å²) in [7, 11) is 0. The zero-order chi connectivity index (χ0) is 14.7. The fraction of sp³-hybridized carbons (Fsp3) is 0.176. The van der Waals surface area contributed by atoms with E-state index in [9.17, 15) is 4.79 Å². The van der Waals surface area contributed by atoms with E-state index in [1.54, 1.807) is 22.0 Å². The minimum absolute atomic E-state index is 0.0120. The van der Waals surface area contributed by atoms with Gasteiger partial charge in [0.2, 0.25) is 0 Å². The van der Waals surface area contributed by atoms with E-state index in [1.165, 1.54) is 4.88 Å². The Balaban J connectivity index is 2.00. The van der Waals surface area contributed by atoms with Gasteiger partial charge in [-0.15, -0.1) is 11.3 Å². The summed E-state index contributed by atoms with van der Waals surface area (Å²) < 4.78 is 1.77. The smallest absolute Gasteiger partial charge is 0.253 e. The lowest BCUT2D eigenvalue weighted by atomic mass is 10.2. The van der Waals surface area contributed by atoms with Crippen LogP contribution in [0.4, 0.5) is 0 Å². The van der Waals surface area contributed by atoms with E-state index in [2.05, 4.69) is 16.4 Å². The summed E-state index contributed by atoms with van der Waals surface area (Å²) in [6.07, 6.45) is 0.849. The normalized spacial score (nSPS) is 10.7. The third kappa shape index (κ3) is 3.11. The Bertz CT molecular complexity index is 776. The van der Waals surface area contributed by atoms with Crippen LogP contribution in [-0.2, 0) is 13.0 Å². The van der Waals surface area contributed by atoms with Gasteiger partial charge in [-0.05, 0) is 24.8 Å². The summed E-state index contributed by atoms with van der Waals surface area (Å²) in [5.74, 6) is 0.747. The van der Waals surface area contributed by atoms with Crippen LogP contribution in [0.1, 0.15) is 10.6 Å². The van der Waals surface area contributed by atoms with Crippen LogP contribution in [-0.4, -0.2) is 9.55 Å². The lowest BCUT2D eigenvalue weighted by Gasteiger charge is -2.12. The Labute approximate surface area is 127 Å². The van der Waals surface area contributed by atoms with Crippen LogP contribution in [0.5, 0.6) is 0 Å². The maximum absolute atomic E-state index is 12.3. The second-order valence-electron chi connectivity index (χ2n) is 4.91. The van der Waals surface area contributed by atoms with Crippen LogP contribution in [0.3, 0.4) is 0 Å². The van der Waals surface area contributed by atoms with Gasteiger partial charge in [0, 0.05) is 28.7 Å². The van der Waals surface area contributed by atoms with Crippen molar-refractivity contribution in [3.05, 3.63) is 74.8 Å². The van der Waals surface area contributed by atoms with Crippen molar-refractivity contribution < 1.29 is 0 Å². The lowest BCUT2D eigenvalue weighted by molar-refractivity contribution is 0.665. The van der Waals surface area contributed by atoms with Crippen LogP contribution in [0, 0.1) is 6.92 Å². The second-order valence-corrected chi connectivity index (χ2v) is 5.94. The predicted molar refractivity (Wildman–Crippen MR) is 86.7 cm³/mol. The molecule has 0 unspecified atom stereocenters. The highest BCUT2D eigenvalue weighted by atomic mass is 32.1. The van der Waals surface area contributed by atoms with Gasteiger partial charge in [-0.2, -0.15) is 0 Å². The number of nitrogens with zero attached hydrogens (tertiary/aromatic N) is 2. The highest BCUT2D eigenvalue weighted by Crippen LogP contribution is 2.17. The zero-order valence-corrected chi connectivity index (χ0v) is 12.6. The van der Waals surface area contributed by atoms with Gasteiger partial charge in [0.15, 0.2) is 0 Å². The van der Waals surface area contributed by atoms with Gasteiger partial charge in [-0.25, -0.2) is 4.98 Å². The quantitative estimate of drug-likeness (QED) is 0.738. The van der Waals surface area contributed by atoms with Crippen LogP contribution in [0.2, 0.25) is 0 Å². The van der Waals surface area contributed by atoms with Gasteiger partial charge in [0.25, 0.3) is 5.56 Å². The largest absolute Gasteiger partial charge is 0.292 e. The third-order valence-electron chi connectivity index (χ3n) is 3.33. The lowest BCUT2D eigenvalue weighted by Crippen LogP contribution is -2.24. The molecule has 0 N–H and O–H groups in total. The Morgan fingerprint density at radius 1 is 1.14 bits per heavy atom. The van der Waals surface area contributed by atoms with Crippen molar-refractivity contribution in [2.45, 2.75) is 19.9 Å². The first-order chi connectivity index (χ1) is 10.2. The standard InChI is InChI=1S/C17H16N2OS/c1-13-12-16(20)19(10-9-15-8-5-11-21-15)17(18-13)14-6-3-2-4-7-14/h2-8,11-12H,9-10H2,1H3. The van der Waals surface area contributed by atoms with Crippen molar-refractivity contribution >= 4 is 11.3 Å². The predicted octanol–water partition coefficient (Wildman–Crippen LogP) is 3.52. The monoisotopic (exact) mass is 296 g/mol. The molecule has 21 heavy (non-hydrogen) atoms. The molecule has 0 aliphatic rings. The van der Waals surface area contributed by atoms with Gasteiger partial charge < -0.3 is 0 Å². The molecule has 0 bridgehead atoms. The van der Waals surface area contributed by atoms with E-state index >= 15 is 0 Å². The number of rotatable bonds is 4. The van der Waals surface area contributed by atoms with Crippen molar-refractivity contribution in [2.24, 2.45) is 0 Å². The molecule has 2 aromatic heterocycles. The Hall–Kier alpha value is -2.20. The van der Waals surface area contributed by atoms with Crippen LogP contribution in [0.25, 0.3) is 11.4 Å². The maximum Gasteiger partial charge on any atom is 0.253 e. The fourth-order valence-electron chi connectivity index (χ4n) is 2.32. The number of aryl methyl sites for hydroxylation is 2. The molecule has 0 radical (unpaired) electrons. The van der Waals surface area contributed by atoms with E-state index in [0.29, 0.717) is 6.54 Å². The second kappa shape index (κ2) is 6.06. The van der Waals surface area contributed by atoms with Crippen LogP contribution < -0.4 is 5.56 Å². The summed E-state index contributed by atoms with van der Waals surface area (Å²) in [6, 6.07) is 15.6. The van der Waals surface area contributed by atoms with Crippen LogP contribution >= 0.6 is 11.3 Å². The molecule has 0 saturated heterocycles. The van der Waals surface area contributed by atoms with E-state index < -0.39 is 0 Å². The first-order valence-corrected chi connectivity index (χ1v) is 7.78. The minimum Gasteiger partial charge on any atom is -0.292 e. The minimum atomic E-state index is 0.0120. The highest BCUT2D eigenvalue weighted by molar-refractivity contribution is 7.09. The van der Waals surface area contributed by atoms with Crippen molar-refractivity contribution in [1.82, 2.24) is 9.55 Å². The van der Waals surface area contributed by atoms with E-state index in [-0.39, 0.29) is 5.56 Å². The maximum atomic E-state index is 12.3. The molecule has 4 heteroatoms. The van der Waals surface area contributed by atoms with Gasteiger partial charge in [-0.1, -0.05) is 36.4 Å². The molecular formula is C17H16N2OS. The fourth-order valence-corrected chi connectivity index (χ4v) is 3.02. The summed E-state index contributed by atoms with van der Waals surface area (Å²) in [6.45, 7) is 2.51. The van der Waals surface area contributed by atoms with E-state index in [0.717, 1.165) is 23.5 Å². The highest BCUT2D eigenvalue weighted by Gasteiger charge is 2.09. The van der Waals surface area contributed by atoms with Gasteiger partial charge in [0.05, 0.1) is 0 Å². The Morgan fingerprint density at radius 3 is 2.67 bits per heavy atom. The summed E-state index contributed by atoms with van der Waals surface area (Å²) in [5.41, 5.74) is 1.74. The Kier molecular flexibility index (Phi) is 3.97. The van der Waals surface area contributed by atoms with Gasteiger partial charge in [0.1, 0.15) is 5.82 Å². The molecule has 3 aromatic rings. The topological polar surface area (TPSA) is 34.9 Å². The zero-order valence-electron chi connectivity index (χ0n) is 11.8. The number of hydrogen-bond donors (Lipinski definition) is 0. The Morgan fingerprint density at radius 2 is 1.95 bits per heavy atom. The summed E-state index contributed by atoms with van der Waals surface area (Å²) >= 11 is 1.72. The van der Waals surface area contributed by atoms with Crippen molar-refractivity contribution in [1.29, 1.82) is 0 Å². The number of aromatic nitrogens is 2. The number of benzene rings is 1. The molecule has 0 aliphatic heterocycles. The van der Waals surface area contributed by atoms with E-state index in [1.807, 2.05) is 43.3 Å². The first kappa shape index (κ1) is 13.8. The average Bonchev–Trinajstić information content (AvgIpc) is 3.00. The average molecular weight is 296 g/mol. The molecule has 0 atom stereocenters. The first-order valence-electron chi connectivity index (χ1n) is 6.90. The number of thiophene rings is 1. The SMILES string of the molecule is Cc1cc(=O)n(CCc2cccs2)c(-c2ccccc2)n1. The van der Waals surface area contributed by atoms with Gasteiger partial charge >= 0.3 is 0 Å². The summed E-state index contributed by atoms with van der Waals surface area (Å²) in [4.78, 5) is 18.2. The molecule has 0 aliphatic carbocycles. The molecule has 0 saturated carbocycles. The molecule has 106 valence electrons. The molecular weight excluding hydrogens is 280 g/mol. The number of hydrogen-bond acceptors (Lipinski definition) is 3. The van der Waals surface area contributed by atoms with Crippen LogP contribution in [0.15, 0.2) is 58.7 Å². The van der Waals surface area contributed by atoms with Crippen molar-refractivity contribution in [2.75, 3.05) is 0 Å². The third-order valence-corrected chi connectivity index (χ3v) is 4.27. The molecule has 0 spiro atoms. The molecule has 2 heterocycles. The van der Waals surface area contributed by atoms with Gasteiger partial charge in [-0.3, -0.25) is 9.36 Å². The summed E-state index contributed by atoms with van der Waals surface area (Å²) in [5, 5.41) is 2.06. The molecule has 3 nitrogen and oxygen atoms in total. The molecule has 0 amide bonds.